The zero-order valence-corrected chi connectivity index (χ0v) is 21.5. The van der Waals surface area contributed by atoms with Gasteiger partial charge in [-0.2, -0.15) is 5.26 Å². The van der Waals surface area contributed by atoms with E-state index in [0.717, 1.165) is 30.7 Å². The quantitative estimate of drug-likeness (QED) is 0.629. The van der Waals surface area contributed by atoms with Crippen LogP contribution in [-0.2, 0) is 4.79 Å². The van der Waals surface area contributed by atoms with Gasteiger partial charge in [-0.3, -0.25) is 9.69 Å². The highest BCUT2D eigenvalue weighted by molar-refractivity contribution is 5.99. The summed E-state index contributed by atoms with van der Waals surface area (Å²) in [7, 11) is 0. The molecule has 4 atom stereocenters. The number of para-hydroxylation sites is 1. The Morgan fingerprint density at radius 2 is 2.00 bits per heavy atom. The molecule has 2 aromatic carbocycles. The van der Waals surface area contributed by atoms with Crippen LogP contribution in [0.3, 0.4) is 0 Å². The fourth-order valence-corrected chi connectivity index (χ4v) is 5.83. The summed E-state index contributed by atoms with van der Waals surface area (Å²) in [5.74, 6) is 1.80. The van der Waals surface area contributed by atoms with Crippen LogP contribution in [0.15, 0.2) is 53.5 Å². The lowest BCUT2D eigenvalue weighted by Gasteiger charge is -2.39. The summed E-state index contributed by atoms with van der Waals surface area (Å²) < 4.78 is 6.19. The number of nitrogens with one attached hydrogen (secondary N) is 1. The van der Waals surface area contributed by atoms with Gasteiger partial charge in [-0.1, -0.05) is 30.3 Å². The molecule has 2 heterocycles. The van der Waals surface area contributed by atoms with Gasteiger partial charge in [0.25, 0.3) is 0 Å². The van der Waals surface area contributed by atoms with E-state index in [9.17, 15) is 10.1 Å². The van der Waals surface area contributed by atoms with Crippen molar-refractivity contribution in [2.24, 2.45) is 22.6 Å². The van der Waals surface area contributed by atoms with E-state index in [-0.39, 0.29) is 35.5 Å². The Balaban J connectivity index is 1.38. The van der Waals surface area contributed by atoms with Crippen LogP contribution in [0.25, 0.3) is 0 Å². The molecule has 7 nitrogen and oxygen atoms in total. The highest BCUT2D eigenvalue weighted by Crippen LogP contribution is 2.51. The van der Waals surface area contributed by atoms with Crippen molar-refractivity contribution >= 4 is 11.9 Å². The number of fused-ring (bicyclic) bond motifs is 1. The van der Waals surface area contributed by atoms with E-state index in [1.807, 2.05) is 44.2 Å². The van der Waals surface area contributed by atoms with Crippen LogP contribution in [-0.4, -0.2) is 34.5 Å². The van der Waals surface area contributed by atoms with Crippen LogP contribution in [0.2, 0.25) is 0 Å². The number of carbonyl (C=O) groups is 1. The zero-order valence-electron chi connectivity index (χ0n) is 21.5. The number of hydrogen-bond acceptors (Lipinski definition) is 6. The van der Waals surface area contributed by atoms with Crippen LogP contribution < -0.4 is 15.8 Å². The number of benzene rings is 2. The van der Waals surface area contributed by atoms with E-state index >= 15 is 0 Å². The third-order valence-electron chi connectivity index (χ3n) is 7.54. The molecule has 1 aliphatic carbocycles. The molecule has 7 heteroatoms. The summed E-state index contributed by atoms with van der Waals surface area (Å²) in [6.45, 7) is 8.94. The average Bonchev–Trinajstić information content (AvgIpc) is 3.57. The number of nitriles is 1. The summed E-state index contributed by atoms with van der Waals surface area (Å²) in [5, 5.41) is 13.3. The van der Waals surface area contributed by atoms with Crippen LogP contribution in [0, 0.1) is 23.2 Å². The number of nitrogens with two attached hydrogens (primary N) is 1. The average molecular weight is 486 g/mol. The van der Waals surface area contributed by atoms with E-state index < -0.39 is 5.54 Å². The summed E-state index contributed by atoms with van der Waals surface area (Å²) in [6, 6.07) is 18.0. The van der Waals surface area contributed by atoms with E-state index in [0.29, 0.717) is 17.9 Å². The Kier molecular flexibility index (Phi) is 6.04. The lowest BCUT2D eigenvalue weighted by molar-refractivity contribution is -0.131. The molecule has 2 aromatic rings. The standard InChI is InChI=1S/C29H35N5O2/c1-28(2)15-25(35)34(27(31)33-28)26(19-9-7-8-18(12-19)16-30)22-13-20(22)17-32-23-14-29(3,4)36-24-11-6-5-10-21(23)24/h5-12,20,22-23,26,32H,13-15,17H2,1-4H3,(H2,31,33)/t20?,22-,23+,26?/m1/s1. The molecule has 0 spiro atoms. The first-order chi connectivity index (χ1) is 17.1. The molecule has 0 radical (unpaired) electrons. The molecular weight excluding hydrogens is 450 g/mol. The molecule has 0 bridgehead atoms. The summed E-state index contributed by atoms with van der Waals surface area (Å²) in [4.78, 5) is 19.6. The van der Waals surface area contributed by atoms with E-state index in [1.165, 1.54) is 5.56 Å². The van der Waals surface area contributed by atoms with E-state index in [1.54, 1.807) is 11.0 Å². The predicted molar refractivity (Wildman–Crippen MR) is 139 cm³/mol. The molecule has 0 aromatic heterocycles. The lowest BCUT2D eigenvalue weighted by atomic mass is 9.89. The van der Waals surface area contributed by atoms with Gasteiger partial charge in [0.1, 0.15) is 11.4 Å². The van der Waals surface area contributed by atoms with Gasteiger partial charge in [0.15, 0.2) is 5.96 Å². The number of hydrogen-bond donors (Lipinski definition) is 2. The number of aliphatic imine (C=N–C) groups is 1. The van der Waals surface area contributed by atoms with Crippen LogP contribution in [0.5, 0.6) is 5.75 Å². The first-order valence-electron chi connectivity index (χ1n) is 12.8. The molecule has 188 valence electrons. The SMILES string of the molecule is CC1(C)CC(=O)N(C(c2cccc(C#N)c2)[C@@H]2CC2CN[C@H]2CC(C)(C)Oc3ccccc32)C(N)=N1. The second kappa shape index (κ2) is 8.94. The summed E-state index contributed by atoms with van der Waals surface area (Å²) in [5.41, 5.74) is 8.35. The van der Waals surface area contributed by atoms with Crippen molar-refractivity contribution in [3.8, 4) is 11.8 Å². The lowest BCUT2D eigenvalue weighted by Crippen LogP contribution is -2.52. The summed E-state index contributed by atoms with van der Waals surface area (Å²) in [6.07, 6.45) is 2.17. The molecule has 1 saturated carbocycles. The van der Waals surface area contributed by atoms with Crippen LogP contribution in [0.1, 0.15) is 75.7 Å². The Morgan fingerprint density at radius 3 is 2.75 bits per heavy atom. The van der Waals surface area contributed by atoms with Gasteiger partial charge in [0.2, 0.25) is 5.91 Å². The molecule has 3 N–H and O–H groups in total. The van der Waals surface area contributed by atoms with Gasteiger partial charge in [-0.05, 0) is 76.3 Å². The Hall–Kier alpha value is -3.37. The van der Waals surface area contributed by atoms with E-state index in [2.05, 4.69) is 42.4 Å². The molecular formula is C29H35N5O2. The predicted octanol–water partition coefficient (Wildman–Crippen LogP) is 4.45. The van der Waals surface area contributed by atoms with Crippen molar-refractivity contribution in [3.05, 3.63) is 65.2 Å². The third kappa shape index (κ3) is 4.83. The smallest absolute Gasteiger partial charge is 0.232 e. The van der Waals surface area contributed by atoms with Crippen molar-refractivity contribution in [2.75, 3.05) is 6.54 Å². The molecule has 2 unspecified atom stereocenters. The first kappa shape index (κ1) is 24.3. The van der Waals surface area contributed by atoms with Crippen LogP contribution in [0.4, 0.5) is 0 Å². The van der Waals surface area contributed by atoms with Gasteiger partial charge in [-0.25, -0.2) is 4.99 Å². The minimum absolute atomic E-state index is 0.0152. The molecule has 0 saturated heterocycles. The molecule has 1 amide bonds. The fourth-order valence-electron chi connectivity index (χ4n) is 5.83. The molecule has 5 rings (SSSR count). The van der Waals surface area contributed by atoms with Gasteiger partial charge in [0.05, 0.1) is 29.6 Å². The molecule has 3 aliphatic rings. The number of ether oxygens (including phenoxy) is 1. The van der Waals surface area contributed by atoms with Crippen molar-refractivity contribution in [1.29, 1.82) is 5.26 Å². The minimum atomic E-state index is -0.509. The normalized spacial score (nSPS) is 26.8. The minimum Gasteiger partial charge on any atom is -0.487 e. The number of nitrogens with zero attached hydrogens (tertiary/aromatic N) is 3. The second-order valence-electron chi connectivity index (χ2n) is 11.6. The third-order valence-corrected chi connectivity index (χ3v) is 7.54. The first-order valence-corrected chi connectivity index (χ1v) is 12.8. The van der Waals surface area contributed by atoms with Crippen molar-refractivity contribution < 1.29 is 9.53 Å². The number of carbonyl (C=O) groups excluding carboxylic acids is 1. The zero-order chi connectivity index (χ0) is 25.7. The largest absolute Gasteiger partial charge is 0.487 e. The van der Waals surface area contributed by atoms with Crippen molar-refractivity contribution in [1.82, 2.24) is 10.2 Å². The van der Waals surface area contributed by atoms with Crippen molar-refractivity contribution in [3.63, 3.8) is 0 Å². The number of guanidine groups is 1. The maximum absolute atomic E-state index is 13.3. The van der Waals surface area contributed by atoms with Gasteiger partial charge in [0, 0.05) is 18.0 Å². The Bertz CT molecular complexity index is 1240. The Labute approximate surface area is 213 Å². The monoisotopic (exact) mass is 485 g/mol. The van der Waals surface area contributed by atoms with E-state index in [4.69, 9.17) is 10.5 Å². The topological polar surface area (TPSA) is 104 Å². The molecule has 36 heavy (non-hydrogen) atoms. The number of rotatable bonds is 6. The van der Waals surface area contributed by atoms with Crippen LogP contribution >= 0.6 is 0 Å². The fraction of sp³-hybridized carbons (Fsp3) is 0.483. The van der Waals surface area contributed by atoms with Gasteiger partial charge < -0.3 is 15.8 Å². The molecule has 1 fully saturated rings. The maximum Gasteiger partial charge on any atom is 0.232 e. The van der Waals surface area contributed by atoms with Gasteiger partial charge in [-0.15, -0.1) is 0 Å². The second-order valence-corrected chi connectivity index (χ2v) is 11.6. The maximum atomic E-state index is 13.3. The summed E-state index contributed by atoms with van der Waals surface area (Å²) >= 11 is 0. The number of amides is 1. The highest BCUT2D eigenvalue weighted by atomic mass is 16.5. The highest BCUT2D eigenvalue weighted by Gasteiger charge is 2.50. The Morgan fingerprint density at radius 1 is 1.22 bits per heavy atom. The molecule has 2 aliphatic heterocycles. The van der Waals surface area contributed by atoms with Crippen molar-refractivity contribution in [2.45, 2.75) is 70.2 Å². The van der Waals surface area contributed by atoms with Gasteiger partial charge >= 0.3 is 0 Å².